The van der Waals surface area contributed by atoms with Crippen molar-refractivity contribution in [2.45, 2.75) is 56.9 Å². The minimum absolute atomic E-state index is 0.652. The lowest BCUT2D eigenvalue weighted by atomic mass is 9.81. The Bertz CT molecular complexity index is 910. The van der Waals surface area contributed by atoms with Crippen LogP contribution in [-0.4, -0.2) is 43.8 Å². The van der Waals surface area contributed by atoms with E-state index in [2.05, 4.69) is 39.6 Å². The maximum atomic E-state index is 4.73. The molecular weight excluding hydrogens is 334 g/mol. The van der Waals surface area contributed by atoms with Gasteiger partial charge in [-0.15, -0.1) is 0 Å². The van der Waals surface area contributed by atoms with Crippen LogP contribution >= 0.6 is 0 Å². The smallest absolute Gasteiger partial charge is 0.137 e. The molecule has 3 aromatic heterocycles. The molecule has 2 fully saturated rings. The number of aromatic amines is 1. The Hall–Kier alpha value is -2.14. The molecule has 0 bridgehead atoms. The summed E-state index contributed by atoms with van der Waals surface area (Å²) in [4.78, 5) is 10.8. The van der Waals surface area contributed by atoms with Gasteiger partial charge >= 0.3 is 0 Å². The summed E-state index contributed by atoms with van der Waals surface area (Å²) in [6, 6.07) is 3.18. The van der Waals surface area contributed by atoms with Crippen molar-refractivity contribution < 1.29 is 0 Å². The summed E-state index contributed by atoms with van der Waals surface area (Å²) in [7, 11) is 1.96. The molecule has 1 saturated carbocycles. The number of pyridine rings is 1. The van der Waals surface area contributed by atoms with Gasteiger partial charge in [-0.2, -0.15) is 5.10 Å². The van der Waals surface area contributed by atoms with E-state index >= 15 is 0 Å². The first-order valence-corrected chi connectivity index (χ1v) is 10.5. The Kier molecular flexibility index (Phi) is 4.48. The molecule has 1 aliphatic heterocycles. The molecule has 1 saturated heterocycles. The standard InChI is InChI=1S/C22H29N5/c1-26-15-18(13-25-26)21-14-24-22-20(21)11-17(12-23-22)16-5-7-19(8-6-16)27-9-3-2-4-10-27/h11-16,19H,2-10H2,1H3,(H,23,24)/t16-,19-. The summed E-state index contributed by atoms with van der Waals surface area (Å²) >= 11 is 0. The highest BCUT2D eigenvalue weighted by molar-refractivity contribution is 5.93. The summed E-state index contributed by atoms with van der Waals surface area (Å²) in [6.07, 6.45) is 17.6. The van der Waals surface area contributed by atoms with Crippen molar-refractivity contribution in [1.29, 1.82) is 0 Å². The van der Waals surface area contributed by atoms with Crippen LogP contribution < -0.4 is 0 Å². The van der Waals surface area contributed by atoms with Gasteiger partial charge in [0, 0.05) is 48.2 Å². The molecule has 0 amide bonds. The number of hydrogen-bond donors (Lipinski definition) is 1. The molecule has 5 heteroatoms. The molecule has 0 aromatic carbocycles. The molecule has 0 atom stereocenters. The van der Waals surface area contributed by atoms with E-state index in [1.54, 1.807) is 0 Å². The lowest BCUT2D eigenvalue weighted by Crippen LogP contribution is -2.41. The molecule has 0 spiro atoms. The van der Waals surface area contributed by atoms with E-state index < -0.39 is 0 Å². The number of likely N-dealkylation sites (tertiary alicyclic amines) is 1. The Morgan fingerprint density at radius 3 is 2.59 bits per heavy atom. The normalized spacial score (nSPS) is 24.5. The Labute approximate surface area is 160 Å². The molecule has 142 valence electrons. The molecule has 1 N–H and O–H groups in total. The van der Waals surface area contributed by atoms with Crippen molar-refractivity contribution in [2.75, 3.05) is 13.1 Å². The van der Waals surface area contributed by atoms with Gasteiger partial charge in [-0.3, -0.25) is 4.68 Å². The number of H-pyrrole nitrogens is 1. The zero-order chi connectivity index (χ0) is 18.2. The third-order valence-corrected chi connectivity index (χ3v) is 6.64. The van der Waals surface area contributed by atoms with Crippen molar-refractivity contribution in [3.63, 3.8) is 0 Å². The summed E-state index contributed by atoms with van der Waals surface area (Å²) in [5, 5.41) is 5.54. The maximum absolute atomic E-state index is 4.73. The Morgan fingerprint density at radius 2 is 1.85 bits per heavy atom. The van der Waals surface area contributed by atoms with E-state index in [1.807, 2.05) is 17.9 Å². The van der Waals surface area contributed by atoms with Crippen molar-refractivity contribution >= 4 is 11.0 Å². The van der Waals surface area contributed by atoms with Crippen molar-refractivity contribution in [1.82, 2.24) is 24.6 Å². The lowest BCUT2D eigenvalue weighted by molar-refractivity contribution is 0.125. The average molecular weight is 364 g/mol. The minimum Gasteiger partial charge on any atom is -0.346 e. The van der Waals surface area contributed by atoms with Crippen LogP contribution in [-0.2, 0) is 7.05 Å². The monoisotopic (exact) mass is 363 g/mol. The minimum atomic E-state index is 0.652. The van der Waals surface area contributed by atoms with E-state index in [-0.39, 0.29) is 0 Å². The van der Waals surface area contributed by atoms with Crippen LogP contribution in [0.5, 0.6) is 0 Å². The van der Waals surface area contributed by atoms with Crippen LogP contribution in [0.2, 0.25) is 0 Å². The van der Waals surface area contributed by atoms with E-state index in [0.717, 1.165) is 17.3 Å². The quantitative estimate of drug-likeness (QED) is 0.747. The highest BCUT2D eigenvalue weighted by atomic mass is 15.2. The highest BCUT2D eigenvalue weighted by Crippen LogP contribution is 2.37. The van der Waals surface area contributed by atoms with E-state index in [1.165, 1.54) is 74.5 Å². The summed E-state index contributed by atoms with van der Waals surface area (Å²) in [5.41, 5.74) is 4.73. The van der Waals surface area contributed by atoms with Gasteiger partial charge in [0.1, 0.15) is 5.65 Å². The second kappa shape index (κ2) is 7.12. The summed E-state index contributed by atoms with van der Waals surface area (Å²) < 4.78 is 1.85. The third kappa shape index (κ3) is 3.29. The molecule has 3 aromatic rings. The largest absolute Gasteiger partial charge is 0.346 e. The van der Waals surface area contributed by atoms with Crippen LogP contribution in [0.1, 0.15) is 56.4 Å². The van der Waals surface area contributed by atoms with Crippen LogP contribution in [0.3, 0.4) is 0 Å². The van der Waals surface area contributed by atoms with Gasteiger partial charge in [0.05, 0.1) is 6.20 Å². The fourth-order valence-corrected chi connectivity index (χ4v) is 5.10. The van der Waals surface area contributed by atoms with Gasteiger partial charge in [0.15, 0.2) is 0 Å². The van der Waals surface area contributed by atoms with E-state index in [4.69, 9.17) is 4.98 Å². The zero-order valence-electron chi connectivity index (χ0n) is 16.2. The third-order valence-electron chi connectivity index (χ3n) is 6.64. The molecule has 5 nitrogen and oxygen atoms in total. The number of nitrogens with zero attached hydrogens (tertiary/aromatic N) is 4. The first-order chi connectivity index (χ1) is 13.3. The van der Waals surface area contributed by atoms with Crippen molar-refractivity contribution in [2.24, 2.45) is 7.05 Å². The number of hydrogen-bond acceptors (Lipinski definition) is 3. The number of aromatic nitrogens is 4. The van der Waals surface area contributed by atoms with Crippen LogP contribution in [0, 0.1) is 0 Å². The average Bonchev–Trinajstić information content (AvgIpc) is 3.34. The molecule has 0 unspecified atom stereocenters. The van der Waals surface area contributed by atoms with Gasteiger partial charge in [0.2, 0.25) is 0 Å². The fourth-order valence-electron chi connectivity index (χ4n) is 5.10. The Morgan fingerprint density at radius 1 is 1.04 bits per heavy atom. The van der Waals surface area contributed by atoms with Gasteiger partial charge in [-0.1, -0.05) is 6.42 Å². The molecule has 5 rings (SSSR count). The fraction of sp³-hybridized carbons (Fsp3) is 0.545. The number of piperidine rings is 1. The van der Waals surface area contributed by atoms with Gasteiger partial charge in [-0.05, 0) is 69.2 Å². The molecule has 2 aliphatic rings. The molecule has 4 heterocycles. The lowest BCUT2D eigenvalue weighted by Gasteiger charge is -2.39. The highest BCUT2D eigenvalue weighted by Gasteiger charge is 2.27. The predicted octanol–water partition coefficient (Wildman–Crippen LogP) is 4.48. The van der Waals surface area contributed by atoms with Crippen LogP contribution in [0.15, 0.2) is 30.9 Å². The topological polar surface area (TPSA) is 49.7 Å². The zero-order valence-corrected chi connectivity index (χ0v) is 16.2. The van der Waals surface area contributed by atoms with E-state index in [0.29, 0.717) is 5.92 Å². The van der Waals surface area contributed by atoms with Crippen molar-refractivity contribution in [3.05, 3.63) is 36.4 Å². The molecule has 0 radical (unpaired) electrons. The maximum Gasteiger partial charge on any atom is 0.137 e. The van der Waals surface area contributed by atoms with Gasteiger partial charge in [-0.25, -0.2) is 4.98 Å². The van der Waals surface area contributed by atoms with Crippen molar-refractivity contribution in [3.8, 4) is 11.1 Å². The first kappa shape index (κ1) is 17.0. The van der Waals surface area contributed by atoms with Crippen LogP contribution in [0.4, 0.5) is 0 Å². The second-order valence-electron chi connectivity index (χ2n) is 8.37. The number of nitrogens with one attached hydrogen (secondary N) is 1. The second-order valence-corrected chi connectivity index (χ2v) is 8.37. The predicted molar refractivity (Wildman–Crippen MR) is 109 cm³/mol. The number of fused-ring (bicyclic) bond motifs is 1. The van der Waals surface area contributed by atoms with Gasteiger partial charge in [0.25, 0.3) is 0 Å². The SMILES string of the molecule is Cn1cc(-c2c[nH]c3ncc([C@H]4CC[C@H](N5CCCCC5)CC4)cc23)cn1. The Balaban J connectivity index is 1.35. The molecular formula is C22H29N5. The summed E-state index contributed by atoms with van der Waals surface area (Å²) in [5.74, 6) is 0.652. The summed E-state index contributed by atoms with van der Waals surface area (Å²) in [6.45, 7) is 2.64. The number of rotatable bonds is 3. The number of aryl methyl sites for hydroxylation is 1. The first-order valence-electron chi connectivity index (χ1n) is 10.5. The van der Waals surface area contributed by atoms with Gasteiger partial charge < -0.3 is 9.88 Å². The van der Waals surface area contributed by atoms with Crippen LogP contribution in [0.25, 0.3) is 22.2 Å². The molecule has 27 heavy (non-hydrogen) atoms. The molecule has 1 aliphatic carbocycles. The van der Waals surface area contributed by atoms with E-state index in [9.17, 15) is 0 Å².